The Hall–Kier alpha value is -2.05. The van der Waals surface area contributed by atoms with Gasteiger partial charge in [-0.05, 0) is 49.2 Å². The number of methoxy groups -OCH3 is 1. The lowest BCUT2D eigenvalue weighted by Gasteiger charge is -2.36. The Morgan fingerprint density at radius 2 is 1.60 bits per heavy atom. The van der Waals surface area contributed by atoms with Crippen LogP contribution < -0.4 is 9.64 Å². The van der Waals surface area contributed by atoms with Crippen molar-refractivity contribution < 1.29 is 13.2 Å². The average Bonchev–Trinajstić information content (AvgIpc) is 2.64. The molecule has 0 spiro atoms. The fraction of sp³-hybridized carbons (Fsp3) is 0.368. The quantitative estimate of drug-likeness (QED) is 0.841. The highest BCUT2D eigenvalue weighted by molar-refractivity contribution is 7.89. The molecule has 0 unspecified atom stereocenters. The lowest BCUT2D eigenvalue weighted by Crippen LogP contribution is -2.48. The summed E-state index contributed by atoms with van der Waals surface area (Å²) in [7, 11) is -1.80. The maximum atomic E-state index is 12.9. The molecule has 2 aromatic rings. The van der Waals surface area contributed by atoms with E-state index in [1.54, 1.807) is 23.5 Å². The van der Waals surface area contributed by atoms with Crippen LogP contribution in [-0.4, -0.2) is 46.0 Å². The first-order valence-electron chi connectivity index (χ1n) is 8.39. The van der Waals surface area contributed by atoms with Crippen LogP contribution in [0.2, 0.25) is 0 Å². The topological polar surface area (TPSA) is 49.9 Å². The van der Waals surface area contributed by atoms with Gasteiger partial charge < -0.3 is 9.64 Å². The van der Waals surface area contributed by atoms with Gasteiger partial charge in [0, 0.05) is 26.2 Å². The molecule has 1 aliphatic heterocycles. The minimum Gasteiger partial charge on any atom is -0.495 e. The first-order chi connectivity index (χ1) is 11.9. The van der Waals surface area contributed by atoms with Crippen molar-refractivity contribution in [1.29, 1.82) is 0 Å². The highest BCUT2D eigenvalue weighted by atomic mass is 32.2. The van der Waals surface area contributed by atoms with Gasteiger partial charge >= 0.3 is 0 Å². The third-order valence-corrected chi connectivity index (χ3v) is 6.68. The number of anilines is 1. The number of ether oxygens (including phenoxy) is 1. The Morgan fingerprint density at radius 3 is 2.24 bits per heavy atom. The minimum atomic E-state index is -3.45. The first kappa shape index (κ1) is 17.8. The highest BCUT2D eigenvalue weighted by Gasteiger charge is 2.29. The van der Waals surface area contributed by atoms with Crippen molar-refractivity contribution in [3.8, 4) is 5.75 Å². The van der Waals surface area contributed by atoms with Crippen LogP contribution >= 0.6 is 0 Å². The number of rotatable bonds is 4. The van der Waals surface area contributed by atoms with Gasteiger partial charge in [0.05, 0.1) is 17.7 Å². The van der Waals surface area contributed by atoms with E-state index in [4.69, 9.17) is 4.74 Å². The summed E-state index contributed by atoms with van der Waals surface area (Å²) >= 11 is 0. The number of sulfonamides is 1. The van der Waals surface area contributed by atoms with E-state index in [2.05, 4.69) is 4.90 Å². The van der Waals surface area contributed by atoms with Crippen molar-refractivity contribution in [2.24, 2.45) is 0 Å². The molecule has 6 heteroatoms. The fourth-order valence-electron chi connectivity index (χ4n) is 3.08. The molecule has 0 radical (unpaired) electrons. The monoisotopic (exact) mass is 360 g/mol. The molecular weight excluding hydrogens is 336 g/mol. The van der Waals surface area contributed by atoms with E-state index < -0.39 is 10.0 Å². The summed E-state index contributed by atoms with van der Waals surface area (Å²) in [6.07, 6.45) is 0. The smallest absolute Gasteiger partial charge is 0.243 e. The van der Waals surface area contributed by atoms with Crippen molar-refractivity contribution in [2.75, 3.05) is 38.2 Å². The van der Waals surface area contributed by atoms with Crippen LogP contribution in [-0.2, 0) is 10.0 Å². The number of hydrogen-bond donors (Lipinski definition) is 0. The molecule has 1 aliphatic rings. The van der Waals surface area contributed by atoms with E-state index in [-0.39, 0.29) is 0 Å². The molecule has 0 aromatic heterocycles. The molecule has 0 N–H and O–H groups in total. The van der Waals surface area contributed by atoms with E-state index in [9.17, 15) is 8.42 Å². The van der Waals surface area contributed by atoms with E-state index >= 15 is 0 Å². The second-order valence-electron chi connectivity index (χ2n) is 6.31. The van der Waals surface area contributed by atoms with Crippen LogP contribution in [0.3, 0.4) is 0 Å². The van der Waals surface area contributed by atoms with E-state index in [1.807, 2.05) is 44.2 Å². The molecule has 134 valence electrons. The summed E-state index contributed by atoms with van der Waals surface area (Å²) in [5, 5.41) is 0. The van der Waals surface area contributed by atoms with Crippen LogP contribution in [0.25, 0.3) is 0 Å². The van der Waals surface area contributed by atoms with Crippen molar-refractivity contribution in [3.63, 3.8) is 0 Å². The van der Waals surface area contributed by atoms with Crippen molar-refractivity contribution in [3.05, 3.63) is 53.6 Å². The molecule has 0 aliphatic carbocycles. The summed E-state index contributed by atoms with van der Waals surface area (Å²) in [6.45, 7) is 6.14. The number of para-hydroxylation sites is 2. The molecule has 25 heavy (non-hydrogen) atoms. The number of benzene rings is 2. The zero-order chi connectivity index (χ0) is 18.0. The predicted octanol–water partition coefficient (Wildman–Crippen LogP) is 2.82. The standard InChI is InChI=1S/C19H24N2O3S/c1-15-8-9-17(14-16(15)2)25(22,23)21-12-10-20(11-13-21)18-6-4-5-7-19(18)24-3/h4-9,14H,10-13H2,1-3H3. The SMILES string of the molecule is COc1ccccc1N1CCN(S(=O)(=O)c2ccc(C)c(C)c2)CC1. The molecule has 0 saturated carbocycles. The van der Waals surface area contributed by atoms with Gasteiger partial charge in [0.1, 0.15) is 5.75 Å². The number of hydrogen-bond acceptors (Lipinski definition) is 4. The van der Waals surface area contributed by atoms with Crippen LogP contribution in [0.15, 0.2) is 47.4 Å². The molecule has 1 heterocycles. The molecule has 0 amide bonds. The first-order valence-corrected chi connectivity index (χ1v) is 9.83. The second kappa shape index (κ2) is 7.06. The Morgan fingerprint density at radius 1 is 0.920 bits per heavy atom. The molecule has 0 atom stereocenters. The maximum absolute atomic E-state index is 12.9. The number of nitrogens with zero attached hydrogens (tertiary/aromatic N) is 2. The Balaban J connectivity index is 1.76. The van der Waals surface area contributed by atoms with Crippen LogP contribution in [0.1, 0.15) is 11.1 Å². The van der Waals surface area contributed by atoms with Gasteiger partial charge in [-0.15, -0.1) is 0 Å². The summed E-state index contributed by atoms with van der Waals surface area (Å²) in [4.78, 5) is 2.55. The zero-order valence-electron chi connectivity index (χ0n) is 14.9. The van der Waals surface area contributed by atoms with Gasteiger partial charge in [0.2, 0.25) is 10.0 Å². The molecule has 3 rings (SSSR count). The Bertz CT molecular complexity index is 857. The van der Waals surface area contributed by atoms with Crippen molar-refractivity contribution in [1.82, 2.24) is 4.31 Å². The third kappa shape index (κ3) is 3.50. The van der Waals surface area contributed by atoms with Gasteiger partial charge in [-0.25, -0.2) is 8.42 Å². The lowest BCUT2D eigenvalue weighted by atomic mass is 10.1. The normalized spacial score (nSPS) is 16.0. The fourth-order valence-corrected chi connectivity index (χ4v) is 4.59. The van der Waals surface area contributed by atoms with Crippen LogP contribution in [0.5, 0.6) is 5.75 Å². The summed E-state index contributed by atoms with van der Waals surface area (Å²) in [6, 6.07) is 13.2. The Labute approximate surface area is 149 Å². The van der Waals surface area contributed by atoms with Gasteiger partial charge in [0.25, 0.3) is 0 Å². The largest absolute Gasteiger partial charge is 0.495 e. The van der Waals surface area contributed by atoms with E-state index in [0.717, 1.165) is 22.6 Å². The van der Waals surface area contributed by atoms with Crippen molar-refractivity contribution in [2.45, 2.75) is 18.7 Å². The average molecular weight is 360 g/mol. The molecular formula is C19H24N2O3S. The van der Waals surface area contributed by atoms with Gasteiger partial charge in [-0.2, -0.15) is 4.31 Å². The molecule has 1 fully saturated rings. The summed E-state index contributed by atoms with van der Waals surface area (Å²) < 4.78 is 32.8. The molecule has 0 bridgehead atoms. The van der Waals surface area contributed by atoms with Crippen LogP contribution in [0, 0.1) is 13.8 Å². The maximum Gasteiger partial charge on any atom is 0.243 e. The zero-order valence-corrected chi connectivity index (χ0v) is 15.7. The third-order valence-electron chi connectivity index (χ3n) is 4.78. The number of piperazine rings is 1. The van der Waals surface area contributed by atoms with Crippen LogP contribution in [0.4, 0.5) is 5.69 Å². The van der Waals surface area contributed by atoms with Gasteiger partial charge in [0.15, 0.2) is 0 Å². The van der Waals surface area contributed by atoms with E-state index in [0.29, 0.717) is 31.1 Å². The summed E-state index contributed by atoms with van der Waals surface area (Å²) in [5.74, 6) is 0.813. The van der Waals surface area contributed by atoms with Crippen molar-refractivity contribution >= 4 is 15.7 Å². The van der Waals surface area contributed by atoms with Gasteiger partial charge in [-0.1, -0.05) is 18.2 Å². The second-order valence-corrected chi connectivity index (χ2v) is 8.25. The molecule has 5 nitrogen and oxygen atoms in total. The Kier molecular flexibility index (Phi) is 5.01. The number of aryl methyl sites for hydroxylation is 2. The molecule has 1 saturated heterocycles. The molecule has 2 aromatic carbocycles. The summed E-state index contributed by atoms with van der Waals surface area (Å²) in [5.41, 5.74) is 3.10. The van der Waals surface area contributed by atoms with E-state index in [1.165, 1.54) is 0 Å². The lowest BCUT2D eigenvalue weighted by molar-refractivity contribution is 0.378. The predicted molar refractivity (Wildman–Crippen MR) is 99.9 cm³/mol. The van der Waals surface area contributed by atoms with Gasteiger partial charge in [-0.3, -0.25) is 0 Å². The highest BCUT2D eigenvalue weighted by Crippen LogP contribution is 2.29. The minimum absolute atomic E-state index is 0.376.